The summed E-state index contributed by atoms with van der Waals surface area (Å²) in [6.45, 7) is 1.88. The number of carbonyl (C=O) groups excluding carboxylic acids is 1. The number of furan rings is 1. The largest absolute Gasteiger partial charge is 0.467 e. The molecule has 0 N–H and O–H groups in total. The third-order valence-electron chi connectivity index (χ3n) is 5.47. The fourth-order valence-electron chi connectivity index (χ4n) is 3.73. The van der Waals surface area contributed by atoms with Crippen LogP contribution in [0.25, 0.3) is 0 Å². The van der Waals surface area contributed by atoms with Crippen molar-refractivity contribution in [2.24, 2.45) is 0 Å². The Morgan fingerprint density at radius 3 is 2.69 bits per heavy atom. The Balaban J connectivity index is 1.40. The van der Waals surface area contributed by atoms with Crippen LogP contribution in [0, 0.1) is 0 Å². The van der Waals surface area contributed by atoms with Gasteiger partial charge in [-0.1, -0.05) is 17.8 Å². The molecule has 10 heteroatoms. The second kappa shape index (κ2) is 10.7. The van der Waals surface area contributed by atoms with Gasteiger partial charge in [0, 0.05) is 25.0 Å². The van der Waals surface area contributed by atoms with Gasteiger partial charge in [-0.25, -0.2) is 13.4 Å². The van der Waals surface area contributed by atoms with Crippen molar-refractivity contribution in [2.75, 3.05) is 32.1 Å². The van der Waals surface area contributed by atoms with Gasteiger partial charge >= 0.3 is 0 Å². The van der Waals surface area contributed by atoms with Crippen LogP contribution in [0.15, 0.2) is 62.8 Å². The number of hydrogen-bond donors (Lipinski definition) is 0. The minimum absolute atomic E-state index is 0.0219. The van der Waals surface area contributed by atoms with E-state index in [1.165, 1.54) is 22.3 Å². The van der Waals surface area contributed by atoms with Crippen molar-refractivity contribution in [3.63, 3.8) is 0 Å². The lowest BCUT2D eigenvalue weighted by molar-refractivity contribution is -0.127. The number of ether oxygens (including phenoxy) is 1. The van der Waals surface area contributed by atoms with Crippen molar-refractivity contribution >= 4 is 27.7 Å². The number of carbonyl (C=O) groups is 1. The molecule has 2 aromatic rings. The van der Waals surface area contributed by atoms with E-state index in [-0.39, 0.29) is 16.6 Å². The second-order valence-corrected chi connectivity index (χ2v) is 10.6. The highest BCUT2D eigenvalue weighted by Gasteiger charge is 2.27. The molecule has 8 nitrogen and oxygen atoms in total. The number of amides is 1. The third-order valence-corrected chi connectivity index (χ3v) is 8.28. The molecule has 1 amide bonds. The summed E-state index contributed by atoms with van der Waals surface area (Å²) in [4.78, 5) is 19.3. The normalized spacial score (nSPS) is 17.7. The zero-order valence-corrected chi connectivity index (χ0v) is 19.4. The van der Waals surface area contributed by atoms with Gasteiger partial charge in [-0.15, -0.1) is 0 Å². The lowest BCUT2D eigenvalue weighted by atomic mass is 10.0. The Morgan fingerprint density at radius 2 is 2.03 bits per heavy atom. The van der Waals surface area contributed by atoms with Gasteiger partial charge in [0.1, 0.15) is 10.7 Å². The summed E-state index contributed by atoms with van der Waals surface area (Å²) in [6, 6.07) is 6.89. The molecule has 1 fully saturated rings. The predicted molar refractivity (Wildman–Crippen MR) is 120 cm³/mol. The molecule has 3 heterocycles. The summed E-state index contributed by atoms with van der Waals surface area (Å²) in [7, 11) is -3.58. The molecule has 0 spiro atoms. The molecule has 4 rings (SSSR count). The van der Waals surface area contributed by atoms with Gasteiger partial charge in [0.05, 0.1) is 36.8 Å². The summed E-state index contributed by atoms with van der Waals surface area (Å²) >= 11 is 1.30. The average Bonchev–Trinajstić information content (AvgIpc) is 3.36. The van der Waals surface area contributed by atoms with Gasteiger partial charge in [-0.05, 0) is 49.9 Å². The smallest absolute Gasteiger partial charge is 0.244 e. The highest BCUT2D eigenvalue weighted by atomic mass is 32.2. The van der Waals surface area contributed by atoms with Crippen LogP contribution in [-0.2, 0) is 26.1 Å². The summed E-state index contributed by atoms with van der Waals surface area (Å²) < 4.78 is 37.6. The Labute approximate surface area is 192 Å². The number of morpholine rings is 1. The van der Waals surface area contributed by atoms with Gasteiger partial charge in [0.25, 0.3) is 0 Å². The van der Waals surface area contributed by atoms with Crippen molar-refractivity contribution in [1.82, 2.24) is 14.2 Å². The molecular weight excluding hydrogens is 450 g/mol. The van der Waals surface area contributed by atoms with Gasteiger partial charge in [-0.3, -0.25) is 4.79 Å². The van der Waals surface area contributed by atoms with Crippen LogP contribution in [-0.4, -0.2) is 60.6 Å². The molecule has 32 heavy (non-hydrogen) atoms. The number of thioether (sulfide) groups is 1. The summed E-state index contributed by atoms with van der Waals surface area (Å²) in [5.41, 5.74) is 1.04. The molecule has 1 saturated heterocycles. The van der Waals surface area contributed by atoms with Crippen molar-refractivity contribution in [3.8, 4) is 0 Å². The summed E-state index contributed by atoms with van der Waals surface area (Å²) in [5.74, 6) is 0.928. The third kappa shape index (κ3) is 5.61. The molecule has 1 aliphatic carbocycles. The zero-order chi connectivity index (χ0) is 22.4. The number of pyridine rings is 1. The number of nitrogens with zero attached hydrogens (tertiary/aromatic N) is 3. The summed E-state index contributed by atoms with van der Waals surface area (Å²) in [6.07, 6.45) is 9.18. The van der Waals surface area contributed by atoms with Crippen LogP contribution in [0.5, 0.6) is 0 Å². The van der Waals surface area contributed by atoms with Crippen molar-refractivity contribution in [3.05, 3.63) is 54.3 Å². The lowest BCUT2D eigenvalue weighted by Crippen LogP contribution is -2.40. The van der Waals surface area contributed by atoms with E-state index in [1.54, 1.807) is 23.3 Å². The molecule has 0 saturated carbocycles. The maximum atomic E-state index is 13.1. The van der Waals surface area contributed by atoms with Crippen molar-refractivity contribution in [2.45, 2.75) is 42.1 Å². The molecule has 2 aromatic heterocycles. The molecule has 172 valence electrons. The number of sulfonamides is 1. The van der Waals surface area contributed by atoms with Crippen LogP contribution < -0.4 is 0 Å². The molecule has 2 aliphatic rings. The molecule has 0 atom stereocenters. The first kappa shape index (κ1) is 23.0. The average molecular weight is 478 g/mol. The molecular formula is C22H27N3O5S2. The van der Waals surface area contributed by atoms with Gasteiger partial charge in [-0.2, -0.15) is 4.31 Å². The van der Waals surface area contributed by atoms with E-state index in [9.17, 15) is 13.2 Å². The minimum Gasteiger partial charge on any atom is -0.467 e. The van der Waals surface area contributed by atoms with E-state index in [1.807, 2.05) is 12.1 Å². The Kier molecular flexibility index (Phi) is 7.67. The fourth-order valence-corrected chi connectivity index (χ4v) is 5.80. The van der Waals surface area contributed by atoms with E-state index in [0.29, 0.717) is 37.9 Å². The Morgan fingerprint density at radius 1 is 1.19 bits per heavy atom. The topological polar surface area (TPSA) is 93.0 Å². The van der Waals surface area contributed by atoms with Crippen LogP contribution in [0.4, 0.5) is 0 Å². The van der Waals surface area contributed by atoms with Gasteiger partial charge in [0.15, 0.2) is 0 Å². The highest BCUT2D eigenvalue weighted by molar-refractivity contribution is 7.99. The predicted octanol–water partition coefficient (Wildman–Crippen LogP) is 3.27. The standard InChI is InChI=1S/C22H27N3O5S2/c26-22(25(16-19-7-4-12-30-19)18-5-2-1-3-6-18)17-31-21-9-8-20(15-23-21)32(27,28)24-10-13-29-14-11-24/h4-5,7-9,12,15H,1-3,6,10-11,13-14,16-17H2. The minimum atomic E-state index is -3.58. The number of hydrogen-bond acceptors (Lipinski definition) is 7. The van der Waals surface area contributed by atoms with E-state index < -0.39 is 10.0 Å². The van der Waals surface area contributed by atoms with Crippen molar-refractivity contribution < 1.29 is 22.4 Å². The Bertz CT molecular complexity index is 1030. The molecule has 1 aliphatic heterocycles. The quantitative estimate of drug-likeness (QED) is 0.539. The van der Waals surface area contributed by atoms with Crippen LogP contribution in [0.1, 0.15) is 31.4 Å². The van der Waals surface area contributed by atoms with E-state index in [2.05, 4.69) is 11.1 Å². The van der Waals surface area contributed by atoms with Crippen LogP contribution in [0.3, 0.4) is 0 Å². The Hall–Kier alpha value is -2.14. The molecule has 0 unspecified atom stereocenters. The lowest BCUT2D eigenvalue weighted by Gasteiger charge is -2.27. The number of allylic oxidation sites excluding steroid dienone is 2. The van der Waals surface area contributed by atoms with Gasteiger partial charge in [0.2, 0.25) is 15.9 Å². The molecule has 0 bridgehead atoms. The van der Waals surface area contributed by atoms with Crippen molar-refractivity contribution in [1.29, 1.82) is 0 Å². The number of rotatable bonds is 8. The van der Waals surface area contributed by atoms with Crippen LogP contribution >= 0.6 is 11.8 Å². The molecule has 0 aromatic carbocycles. The first-order chi connectivity index (χ1) is 15.5. The SMILES string of the molecule is O=C(CSc1ccc(S(=O)(=O)N2CCOCC2)cn1)N(Cc1ccco1)C1=CCCCC1. The summed E-state index contributed by atoms with van der Waals surface area (Å²) in [5, 5.41) is 0.606. The maximum Gasteiger partial charge on any atom is 0.244 e. The van der Waals surface area contributed by atoms with E-state index in [4.69, 9.17) is 9.15 Å². The van der Waals surface area contributed by atoms with E-state index >= 15 is 0 Å². The second-order valence-electron chi connectivity index (χ2n) is 7.64. The number of aromatic nitrogens is 1. The fraction of sp³-hybridized carbons (Fsp3) is 0.455. The maximum absolute atomic E-state index is 13.1. The monoisotopic (exact) mass is 477 g/mol. The zero-order valence-electron chi connectivity index (χ0n) is 17.8. The van der Waals surface area contributed by atoms with E-state index in [0.717, 1.165) is 37.1 Å². The van der Waals surface area contributed by atoms with Gasteiger partial charge < -0.3 is 14.1 Å². The first-order valence-electron chi connectivity index (χ1n) is 10.7. The highest BCUT2D eigenvalue weighted by Crippen LogP contribution is 2.26. The first-order valence-corrected chi connectivity index (χ1v) is 13.1. The molecule has 0 radical (unpaired) electrons. The van der Waals surface area contributed by atoms with Crippen LogP contribution in [0.2, 0.25) is 0 Å².